The van der Waals surface area contributed by atoms with E-state index >= 15 is 0 Å². The van der Waals surface area contributed by atoms with E-state index in [0.717, 1.165) is 18.2 Å². The van der Waals surface area contributed by atoms with E-state index in [1.165, 1.54) is 22.0 Å². The zero-order chi connectivity index (χ0) is 26.2. The van der Waals surface area contributed by atoms with Crippen molar-refractivity contribution in [3.8, 4) is 11.4 Å². The van der Waals surface area contributed by atoms with E-state index in [4.69, 9.17) is 4.98 Å². The molecule has 0 bridgehead atoms. The predicted molar refractivity (Wildman–Crippen MR) is 145 cm³/mol. The number of nitrogens with one attached hydrogen (secondary N) is 1. The molecule has 2 aromatic carbocycles. The molecule has 1 aliphatic rings. The molecule has 192 valence electrons. The Labute approximate surface area is 218 Å². The van der Waals surface area contributed by atoms with E-state index in [1.54, 1.807) is 18.2 Å². The molecule has 1 fully saturated rings. The molecular formula is C26H27N5O4S2. The minimum Gasteiger partial charge on any atom is -0.350 e. The number of nitrogens with zero attached hydrogens (tertiary/aromatic N) is 4. The molecule has 1 aliphatic heterocycles. The van der Waals surface area contributed by atoms with Crippen LogP contribution in [0.15, 0.2) is 64.3 Å². The Morgan fingerprint density at radius 1 is 1.11 bits per heavy atom. The minimum atomic E-state index is -3.54. The van der Waals surface area contributed by atoms with Crippen LogP contribution in [0.5, 0.6) is 0 Å². The Morgan fingerprint density at radius 3 is 2.57 bits per heavy atom. The highest BCUT2D eigenvalue weighted by molar-refractivity contribution is 7.90. The largest absolute Gasteiger partial charge is 0.350 e. The second kappa shape index (κ2) is 10.1. The molecular weight excluding hydrogens is 510 g/mol. The molecule has 0 spiro atoms. The second-order valence-corrected chi connectivity index (χ2v) is 11.9. The summed E-state index contributed by atoms with van der Waals surface area (Å²) in [4.78, 5) is 38.3. The summed E-state index contributed by atoms with van der Waals surface area (Å²) in [5, 5.41) is 3.58. The number of thiazole rings is 1. The number of benzene rings is 2. The van der Waals surface area contributed by atoms with Gasteiger partial charge in [0.2, 0.25) is 5.91 Å². The Kier molecular flexibility index (Phi) is 6.82. The van der Waals surface area contributed by atoms with Gasteiger partial charge >= 0.3 is 0 Å². The lowest BCUT2D eigenvalue weighted by atomic mass is 10.2. The zero-order valence-corrected chi connectivity index (χ0v) is 22.2. The van der Waals surface area contributed by atoms with Crippen molar-refractivity contribution in [1.29, 1.82) is 0 Å². The molecule has 1 atom stereocenters. The average molecular weight is 538 g/mol. The number of fused-ring (bicyclic) bond motifs is 1. The molecule has 5 rings (SSSR count). The lowest BCUT2D eigenvalue weighted by molar-refractivity contribution is -0.122. The maximum absolute atomic E-state index is 13.4. The van der Waals surface area contributed by atoms with Gasteiger partial charge in [-0.05, 0) is 37.5 Å². The van der Waals surface area contributed by atoms with Crippen LogP contribution in [0.25, 0.3) is 21.7 Å². The number of hydrogen-bond donors (Lipinski definition) is 1. The molecule has 1 amide bonds. The number of sulfone groups is 1. The summed E-state index contributed by atoms with van der Waals surface area (Å²) in [6.45, 7) is 3.20. The van der Waals surface area contributed by atoms with Gasteiger partial charge in [-0.3, -0.25) is 14.2 Å². The third kappa shape index (κ3) is 4.88. The van der Waals surface area contributed by atoms with Crippen molar-refractivity contribution in [3.05, 3.63) is 70.5 Å². The number of rotatable bonds is 7. The van der Waals surface area contributed by atoms with E-state index in [-0.39, 0.29) is 33.7 Å². The van der Waals surface area contributed by atoms with Gasteiger partial charge in [-0.1, -0.05) is 53.8 Å². The fourth-order valence-electron chi connectivity index (χ4n) is 4.66. The van der Waals surface area contributed by atoms with Gasteiger partial charge in [-0.25, -0.2) is 18.4 Å². The summed E-state index contributed by atoms with van der Waals surface area (Å²) in [6.07, 6.45) is 2.66. The van der Waals surface area contributed by atoms with Crippen LogP contribution in [-0.2, 0) is 27.7 Å². The molecule has 1 N–H and O–H groups in total. The van der Waals surface area contributed by atoms with Crippen LogP contribution in [-0.4, -0.2) is 47.7 Å². The average Bonchev–Trinajstić information content (AvgIpc) is 3.55. The van der Waals surface area contributed by atoms with E-state index in [2.05, 4.69) is 10.3 Å². The smallest absolute Gasteiger partial charge is 0.281 e. The quantitative estimate of drug-likeness (QED) is 0.385. The Bertz CT molecular complexity index is 1630. The summed E-state index contributed by atoms with van der Waals surface area (Å²) in [6, 6.07) is 15.9. The highest BCUT2D eigenvalue weighted by Crippen LogP contribution is 2.33. The molecule has 0 radical (unpaired) electrons. The fourth-order valence-corrected chi connectivity index (χ4v) is 6.56. The van der Waals surface area contributed by atoms with Crippen molar-refractivity contribution in [2.24, 2.45) is 0 Å². The normalized spacial score (nSPS) is 15.8. The minimum absolute atomic E-state index is 0.0812. The highest BCUT2D eigenvalue weighted by Gasteiger charge is 2.33. The van der Waals surface area contributed by atoms with Crippen molar-refractivity contribution < 1.29 is 13.2 Å². The molecule has 1 unspecified atom stereocenters. The fraction of sp³-hybridized carbons (Fsp3) is 0.308. The second-order valence-electron chi connectivity index (χ2n) is 8.96. The number of hydrogen-bond acceptors (Lipinski definition) is 8. The molecule has 1 saturated heterocycles. The Hall–Kier alpha value is -3.57. The van der Waals surface area contributed by atoms with E-state index in [9.17, 15) is 18.0 Å². The van der Waals surface area contributed by atoms with Gasteiger partial charge in [0.15, 0.2) is 25.3 Å². The third-order valence-electron chi connectivity index (χ3n) is 6.46. The SMILES string of the molecule is CCn1c(-c2ccccc2S(C)(=O)=O)nc2sc(N3CCCC3C(=O)NCc3ccccc3)nc2c1=O. The van der Waals surface area contributed by atoms with Crippen LogP contribution in [0.4, 0.5) is 5.13 Å². The summed E-state index contributed by atoms with van der Waals surface area (Å²) >= 11 is 1.25. The first-order chi connectivity index (χ1) is 17.8. The van der Waals surface area contributed by atoms with Crippen LogP contribution in [0.2, 0.25) is 0 Å². The van der Waals surface area contributed by atoms with Crippen LogP contribution in [0.1, 0.15) is 25.3 Å². The summed E-state index contributed by atoms with van der Waals surface area (Å²) in [5.74, 6) is 0.206. The van der Waals surface area contributed by atoms with Crippen LogP contribution >= 0.6 is 11.3 Å². The number of carbonyl (C=O) groups is 1. The third-order valence-corrected chi connectivity index (χ3v) is 8.60. The molecule has 3 heterocycles. The van der Waals surface area contributed by atoms with Crippen molar-refractivity contribution in [2.45, 2.75) is 43.8 Å². The molecule has 11 heteroatoms. The number of anilines is 1. The maximum atomic E-state index is 13.4. The first kappa shape index (κ1) is 25.1. The molecule has 4 aromatic rings. The molecule has 37 heavy (non-hydrogen) atoms. The van der Waals surface area contributed by atoms with E-state index < -0.39 is 9.84 Å². The van der Waals surface area contributed by atoms with Crippen molar-refractivity contribution in [3.63, 3.8) is 0 Å². The molecule has 9 nitrogen and oxygen atoms in total. The van der Waals surface area contributed by atoms with Crippen LogP contribution in [0, 0.1) is 0 Å². The topological polar surface area (TPSA) is 114 Å². The first-order valence-electron chi connectivity index (χ1n) is 12.1. The Morgan fingerprint density at radius 2 is 1.84 bits per heavy atom. The van der Waals surface area contributed by atoms with Gasteiger partial charge in [-0.2, -0.15) is 0 Å². The van der Waals surface area contributed by atoms with Gasteiger partial charge in [0, 0.05) is 31.5 Å². The van der Waals surface area contributed by atoms with Crippen LogP contribution < -0.4 is 15.8 Å². The van der Waals surface area contributed by atoms with Crippen molar-refractivity contribution >= 4 is 42.6 Å². The summed E-state index contributed by atoms with van der Waals surface area (Å²) < 4.78 is 26.3. The van der Waals surface area contributed by atoms with Crippen molar-refractivity contribution in [2.75, 3.05) is 17.7 Å². The number of carbonyl (C=O) groups excluding carboxylic acids is 1. The van der Waals surface area contributed by atoms with Crippen LogP contribution in [0.3, 0.4) is 0 Å². The van der Waals surface area contributed by atoms with E-state index in [0.29, 0.717) is 41.6 Å². The lowest BCUT2D eigenvalue weighted by Gasteiger charge is -2.23. The van der Waals surface area contributed by atoms with Crippen molar-refractivity contribution in [1.82, 2.24) is 19.9 Å². The number of amides is 1. The van der Waals surface area contributed by atoms with E-state index in [1.807, 2.05) is 42.2 Å². The van der Waals surface area contributed by atoms with Gasteiger partial charge in [0.05, 0.1) is 4.90 Å². The zero-order valence-electron chi connectivity index (χ0n) is 20.5. The lowest BCUT2D eigenvalue weighted by Crippen LogP contribution is -2.43. The highest BCUT2D eigenvalue weighted by atomic mass is 32.2. The summed E-state index contributed by atoms with van der Waals surface area (Å²) in [7, 11) is -3.54. The monoisotopic (exact) mass is 537 g/mol. The predicted octanol–water partition coefficient (Wildman–Crippen LogP) is 3.23. The standard InChI is InChI=1S/C26H27N5O4S2/c1-3-30-22(18-12-7-8-14-20(18)37(2,34)35)29-24-21(25(30)33)28-26(36-24)31-15-9-13-19(31)23(32)27-16-17-10-5-4-6-11-17/h4-8,10-12,14,19H,3,9,13,15-16H2,1-2H3,(H,27,32). The maximum Gasteiger partial charge on any atom is 0.281 e. The van der Waals surface area contributed by atoms with Gasteiger partial charge in [0.25, 0.3) is 5.56 Å². The van der Waals surface area contributed by atoms with Gasteiger partial charge < -0.3 is 10.2 Å². The molecule has 2 aromatic heterocycles. The summed E-state index contributed by atoms with van der Waals surface area (Å²) in [5.41, 5.74) is 1.28. The molecule has 0 aliphatic carbocycles. The molecule has 0 saturated carbocycles. The number of aromatic nitrogens is 3. The van der Waals surface area contributed by atoms with Gasteiger partial charge in [0.1, 0.15) is 11.9 Å². The Balaban J connectivity index is 1.51. The first-order valence-corrected chi connectivity index (χ1v) is 14.8. The van der Waals surface area contributed by atoms with Gasteiger partial charge in [-0.15, -0.1) is 0 Å².